The fourth-order valence-corrected chi connectivity index (χ4v) is 2.62. The van der Waals surface area contributed by atoms with E-state index in [0.717, 1.165) is 0 Å². The highest BCUT2D eigenvalue weighted by Crippen LogP contribution is 2.04. The minimum Gasteiger partial charge on any atom is -0.268 e. The van der Waals surface area contributed by atoms with Crippen LogP contribution in [0.3, 0.4) is 0 Å². The quantitative estimate of drug-likeness (QED) is 0.757. The molecule has 0 spiro atoms. The maximum absolute atomic E-state index is 11.9. The molecule has 0 radical (unpaired) electrons. The number of aryl methyl sites for hydroxylation is 1. The third-order valence-electron chi connectivity index (χ3n) is 2.57. The fraction of sp³-hybridized carbons (Fsp3) is 0.250. The lowest BCUT2D eigenvalue weighted by Crippen LogP contribution is -2.28. The Labute approximate surface area is 116 Å². The van der Waals surface area contributed by atoms with Crippen LogP contribution in [-0.2, 0) is 16.6 Å². The van der Waals surface area contributed by atoms with Crippen LogP contribution < -0.4 is 10.3 Å². The van der Waals surface area contributed by atoms with Gasteiger partial charge < -0.3 is 0 Å². The van der Waals surface area contributed by atoms with Crippen molar-refractivity contribution in [1.82, 2.24) is 19.5 Å². The predicted molar refractivity (Wildman–Crippen MR) is 72.5 cm³/mol. The summed E-state index contributed by atoms with van der Waals surface area (Å²) in [6, 6.07) is 6.00. The lowest BCUT2D eigenvalue weighted by Gasteiger charge is -2.06. The number of nitrogens with zero attached hydrogens (tertiary/aromatic N) is 3. The van der Waals surface area contributed by atoms with E-state index in [1.165, 1.54) is 35.4 Å². The predicted octanol–water partition coefficient (Wildman–Crippen LogP) is 0.00690. The zero-order chi connectivity index (χ0) is 14.4. The summed E-state index contributed by atoms with van der Waals surface area (Å²) >= 11 is 0. The van der Waals surface area contributed by atoms with Gasteiger partial charge >= 0.3 is 0 Å². The van der Waals surface area contributed by atoms with Crippen molar-refractivity contribution in [3.8, 4) is 0 Å². The zero-order valence-corrected chi connectivity index (χ0v) is 11.5. The van der Waals surface area contributed by atoms with E-state index < -0.39 is 10.0 Å². The van der Waals surface area contributed by atoms with Gasteiger partial charge in [-0.2, -0.15) is 5.10 Å². The highest BCUT2D eigenvalue weighted by atomic mass is 32.2. The van der Waals surface area contributed by atoms with E-state index in [1.807, 2.05) is 0 Å². The molecule has 0 aliphatic rings. The standard InChI is InChI=1S/C12H14N4O3S/c17-12-5-2-7-14-16(12)9-3-8-15-20(18,19)11-4-1-6-13-10-11/h1-2,4-7,10,15H,3,8-9H2. The molecule has 8 heteroatoms. The number of aromatic nitrogens is 3. The topological polar surface area (TPSA) is 94.0 Å². The average Bonchev–Trinajstić information content (AvgIpc) is 2.46. The van der Waals surface area contributed by atoms with Crippen LogP contribution in [0.15, 0.2) is 52.5 Å². The molecule has 0 saturated heterocycles. The molecule has 2 heterocycles. The van der Waals surface area contributed by atoms with Gasteiger partial charge in [-0.15, -0.1) is 0 Å². The molecule has 0 unspecified atom stereocenters. The van der Waals surface area contributed by atoms with Crippen LogP contribution >= 0.6 is 0 Å². The van der Waals surface area contributed by atoms with Crippen molar-refractivity contribution in [2.24, 2.45) is 0 Å². The molecule has 0 aromatic carbocycles. The molecule has 2 aromatic rings. The Hall–Kier alpha value is -2.06. The fourth-order valence-electron chi connectivity index (χ4n) is 1.58. The van der Waals surface area contributed by atoms with Crippen LogP contribution in [0.1, 0.15) is 6.42 Å². The van der Waals surface area contributed by atoms with Crippen LogP contribution in [0.2, 0.25) is 0 Å². The van der Waals surface area contributed by atoms with Gasteiger partial charge in [-0.25, -0.2) is 17.8 Å². The van der Waals surface area contributed by atoms with Crippen molar-refractivity contribution in [2.45, 2.75) is 17.9 Å². The Morgan fingerprint density at radius 3 is 2.70 bits per heavy atom. The van der Waals surface area contributed by atoms with Crippen molar-refractivity contribution in [3.63, 3.8) is 0 Å². The van der Waals surface area contributed by atoms with Gasteiger partial charge in [0.15, 0.2) is 0 Å². The summed E-state index contributed by atoms with van der Waals surface area (Å²) in [5, 5.41) is 3.89. The Balaban J connectivity index is 1.88. The van der Waals surface area contributed by atoms with E-state index in [2.05, 4.69) is 14.8 Å². The first-order chi connectivity index (χ1) is 9.59. The number of nitrogens with one attached hydrogen (secondary N) is 1. The van der Waals surface area contributed by atoms with Gasteiger partial charge in [0.1, 0.15) is 4.90 Å². The molecule has 2 rings (SSSR count). The molecule has 0 aliphatic heterocycles. The average molecular weight is 294 g/mol. The van der Waals surface area contributed by atoms with Crippen molar-refractivity contribution >= 4 is 10.0 Å². The molecule has 7 nitrogen and oxygen atoms in total. The monoisotopic (exact) mass is 294 g/mol. The Morgan fingerprint density at radius 2 is 2.00 bits per heavy atom. The van der Waals surface area contributed by atoms with E-state index in [0.29, 0.717) is 13.0 Å². The Bertz CT molecular complexity index is 713. The second-order valence-electron chi connectivity index (χ2n) is 4.03. The van der Waals surface area contributed by atoms with Gasteiger partial charge in [-0.05, 0) is 24.6 Å². The molecular weight excluding hydrogens is 280 g/mol. The summed E-state index contributed by atoms with van der Waals surface area (Å²) < 4.78 is 27.5. The SMILES string of the molecule is O=c1cccnn1CCCNS(=O)(=O)c1cccnc1. The van der Waals surface area contributed by atoms with Gasteiger partial charge in [0.05, 0.1) is 0 Å². The van der Waals surface area contributed by atoms with Gasteiger partial charge in [0.25, 0.3) is 5.56 Å². The second-order valence-corrected chi connectivity index (χ2v) is 5.79. The first kappa shape index (κ1) is 14.4. The van der Waals surface area contributed by atoms with Crippen LogP contribution in [0.5, 0.6) is 0 Å². The van der Waals surface area contributed by atoms with Gasteiger partial charge in [-0.3, -0.25) is 9.78 Å². The van der Waals surface area contributed by atoms with Gasteiger partial charge in [0.2, 0.25) is 10.0 Å². The summed E-state index contributed by atoms with van der Waals surface area (Å²) in [4.78, 5) is 15.3. The maximum atomic E-state index is 11.9. The summed E-state index contributed by atoms with van der Waals surface area (Å²) in [5.41, 5.74) is -0.206. The molecule has 0 saturated carbocycles. The zero-order valence-electron chi connectivity index (χ0n) is 10.6. The van der Waals surface area contributed by atoms with Crippen molar-refractivity contribution in [2.75, 3.05) is 6.54 Å². The second kappa shape index (κ2) is 6.40. The number of hydrogen-bond acceptors (Lipinski definition) is 5. The molecule has 1 N–H and O–H groups in total. The highest BCUT2D eigenvalue weighted by molar-refractivity contribution is 7.89. The van der Waals surface area contributed by atoms with E-state index in [4.69, 9.17) is 0 Å². The van der Waals surface area contributed by atoms with Gasteiger partial charge in [-0.1, -0.05) is 0 Å². The summed E-state index contributed by atoms with van der Waals surface area (Å²) in [7, 11) is -3.55. The normalized spacial score (nSPS) is 11.4. The maximum Gasteiger partial charge on any atom is 0.266 e. The van der Waals surface area contributed by atoms with Crippen LogP contribution in [0.25, 0.3) is 0 Å². The third kappa shape index (κ3) is 3.72. The molecule has 20 heavy (non-hydrogen) atoms. The smallest absolute Gasteiger partial charge is 0.266 e. The minimum absolute atomic E-state index is 0.120. The van der Waals surface area contributed by atoms with Crippen LogP contribution in [0, 0.1) is 0 Å². The number of hydrogen-bond donors (Lipinski definition) is 1. The number of sulfonamides is 1. The summed E-state index contributed by atoms with van der Waals surface area (Å²) in [5.74, 6) is 0. The molecular formula is C12H14N4O3S. The molecule has 0 fully saturated rings. The Kier molecular flexibility index (Phi) is 4.59. The summed E-state index contributed by atoms with van der Waals surface area (Å²) in [6.07, 6.45) is 4.77. The lowest BCUT2D eigenvalue weighted by molar-refractivity contribution is 0.535. The first-order valence-corrected chi connectivity index (χ1v) is 7.50. The molecule has 0 atom stereocenters. The van der Waals surface area contributed by atoms with E-state index in [1.54, 1.807) is 12.1 Å². The van der Waals surface area contributed by atoms with E-state index in [-0.39, 0.29) is 17.0 Å². The van der Waals surface area contributed by atoms with Crippen LogP contribution in [0.4, 0.5) is 0 Å². The largest absolute Gasteiger partial charge is 0.268 e. The third-order valence-corrected chi connectivity index (χ3v) is 4.02. The van der Waals surface area contributed by atoms with Crippen molar-refractivity contribution in [1.29, 1.82) is 0 Å². The molecule has 0 amide bonds. The molecule has 2 aromatic heterocycles. The molecule has 0 aliphatic carbocycles. The lowest BCUT2D eigenvalue weighted by atomic mass is 10.4. The Morgan fingerprint density at radius 1 is 1.20 bits per heavy atom. The molecule has 106 valence electrons. The van der Waals surface area contributed by atoms with Crippen molar-refractivity contribution < 1.29 is 8.42 Å². The number of rotatable bonds is 6. The highest BCUT2D eigenvalue weighted by Gasteiger charge is 2.12. The molecule has 0 bridgehead atoms. The minimum atomic E-state index is -3.55. The number of pyridine rings is 1. The van der Waals surface area contributed by atoms with Crippen LogP contribution in [-0.4, -0.2) is 29.7 Å². The summed E-state index contributed by atoms with van der Waals surface area (Å²) in [6.45, 7) is 0.579. The van der Waals surface area contributed by atoms with Crippen molar-refractivity contribution in [3.05, 3.63) is 53.2 Å². The van der Waals surface area contributed by atoms with E-state index >= 15 is 0 Å². The first-order valence-electron chi connectivity index (χ1n) is 6.01. The van der Waals surface area contributed by atoms with Gasteiger partial charge in [0, 0.05) is 37.7 Å². The van der Waals surface area contributed by atoms with E-state index in [9.17, 15) is 13.2 Å².